The predicted octanol–water partition coefficient (Wildman–Crippen LogP) is 0.730. The van der Waals surface area contributed by atoms with E-state index in [-0.39, 0.29) is 10.8 Å². The molecule has 1 aliphatic heterocycles. The summed E-state index contributed by atoms with van der Waals surface area (Å²) in [5, 5.41) is 2.53. The van der Waals surface area contributed by atoms with Crippen molar-refractivity contribution in [2.24, 2.45) is 0 Å². The summed E-state index contributed by atoms with van der Waals surface area (Å²) in [6, 6.07) is 4.27. The van der Waals surface area contributed by atoms with E-state index < -0.39 is 16.1 Å². The molecule has 1 saturated heterocycles. The largest absolute Gasteiger partial charge is 0.399 e. The van der Waals surface area contributed by atoms with Crippen LogP contribution >= 0.6 is 0 Å². The Morgan fingerprint density at radius 2 is 2.19 bits per heavy atom. The maximum Gasteiger partial charge on any atom is 0.244 e. The Balaban J connectivity index is 2.47. The van der Waals surface area contributed by atoms with Gasteiger partial charge in [-0.3, -0.25) is 4.79 Å². The van der Waals surface area contributed by atoms with Crippen molar-refractivity contribution in [2.45, 2.75) is 37.1 Å². The van der Waals surface area contributed by atoms with E-state index in [1.807, 2.05) is 6.92 Å². The Bertz CT molecular complexity index is 643. The van der Waals surface area contributed by atoms with E-state index in [9.17, 15) is 13.2 Å². The van der Waals surface area contributed by atoms with Gasteiger partial charge in [-0.1, -0.05) is 13.0 Å². The minimum atomic E-state index is -3.72. The van der Waals surface area contributed by atoms with Crippen molar-refractivity contribution in [2.75, 3.05) is 19.3 Å². The van der Waals surface area contributed by atoms with Gasteiger partial charge in [0.15, 0.2) is 0 Å². The molecule has 7 heteroatoms. The lowest BCUT2D eigenvalue weighted by Gasteiger charge is -2.24. The summed E-state index contributed by atoms with van der Waals surface area (Å²) in [7, 11) is -2.20. The second-order valence-corrected chi connectivity index (χ2v) is 6.97. The normalized spacial score (nSPS) is 19.6. The number of nitrogens with one attached hydrogen (secondary N) is 1. The first-order valence-corrected chi connectivity index (χ1v) is 8.47. The number of carbonyl (C=O) groups excluding carboxylic acids is 1. The first-order valence-electron chi connectivity index (χ1n) is 7.03. The van der Waals surface area contributed by atoms with Crippen molar-refractivity contribution in [3.05, 3.63) is 23.8 Å². The van der Waals surface area contributed by atoms with Gasteiger partial charge in [-0.05, 0) is 37.0 Å². The number of anilines is 1. The van der Waals surface area contributed by atoms with Gasteiger partial charge >= 0.3 is 0 Å². The van der Waals surface area contributed by atoms with Gasteiger partial charge in [-0.2, -0.15) is 4.31 Å². The molecule has 1 amide bonds. The molecule has 3 N–H and O–H groups in total. The van der Waals surface area contributed by atoms with Gasteiger partial charge < -0.3 is 11.1 Å². The molecule has 2 rings (SSSR count). The highest BCUT2D eigenvalue weighted by atomic mass is 32.2. The summed E-state index contributed by atoms with van der Waals surface area (Å²) in [5.41, 5.74) is 6.85. The quantitative estimate of drug-likeness (QED) is 0.802. The van der Waals surface area contributed by atoms with Crippen LogP contribution in [0.15, 0.2) is 23.1 Å². The average molecular weight is 311 g/mol. The number of nitrogen functional groups attached to an aromatic ring is 1. The molecule has 116 valence electrons. The van der Waals surface area contributed by atoms with Gasteiger partial charge in [0, 0.05) is 19.3 Å². The zero-order valence-corrected chi connectivity index (χ0v) is 13.1. The maximum atomic E-state index is 12.9. The highest BCUT2D eigenvalue weighted by Gasteiger charge is 2.39. The minimum Gasteiger partial charge on any atom is -0.399 e. The molecule has 0 spiro atoms. The molecule has 1 atom stereocenters. The third-order valence-corrected chi connectivity index (χ3v) is 5.80. The van der Waals surface area contributed by atoms with E-state index in [2.05, 4.69) is 5.32 Å². The van der Waals surface area contributed by atoms with Crippen LogP contribution in [-0.2, 0) is 21.2 Å². The minimum absolute atomic E-state index is 0.209. The zero-order chi connectivity index (χ0) is 15.6. The Morgan fingerprint density at radius 1 is 1.48 bits per heavy atom. The number of benzene rings is 1. The zero-order valence-electron chi connectivity index (χ0n) is 12.3. The summed E-state index contributed by atoms with van der Waals surface area (Å²) in [6.07, 6.45) is 1.82. The maximum absolute atomic E-state index is 12.9. The number of rotatable bonds is 4. The van der Waals surface area contributed by atoms with Crippen LogP contribution < -0.4 is 11.1 Å². The number of nitrogens with zero attached hydrogens (tertiary/aromatic N) is 1. The molecule has 6 nitrogen and oxygen atoms in total. The van der Waals surface area contributed by atoms with Crippen LogP contribution in [-0.4, -0.2) is 38.3 Å². The van der Waals surface area contributed by atoms with Crippen LogP contribution in [0.1, 0.15) is 25.3 Å². The number of amides is 1. The van der Waals surface area contributed by atoms with Crippen LogP contribution in [0.5, 0.6) is 0 Å². The van der Waals surface area contributed by atoms with Gasteiger partial charge in [0.1, 0.15) is 6.04 Å². The number of hydrogen-bond acceptors (Lipinski definition) is 4. The number of likely N-dealkylation sites (N-methyl/N-ethyl adjacent to an activating group) is 1. The summed E-state index contributed by atoms with van der Waals surface area (Å²) in [6.45, 7) is 2.25. The average Bonchev–Trinajstić information content (AvgIpc) is 2.96. The van der Waals surface area contributed by atoms with Crippen molar-refractivity contribution < 1.29 is 13.2 Å². The predicted molar refractivity (Wildman–Crippen MR) is 81.2 cm³/mol. The van der Waals surface area contributed by atoms with E-state index in [0.29, 0.717) is 37.1 Å². The van der Waals surface area contributed by atoms with Crippen molar-refractivity contribution in [1.29, 1.82) is 0 Å². The lowest BCUT2D eigenvalue weighted by molar-refractivity contribution is -0.123. The van der Waals surface area contributed by atoms with Crippen molar-refractivity contribution >= 4 is 21.6 Å². The van der Waals surface area contributed by atoms with E-state index in [1.54, 1.807) is 12.1 Å². The van der Waals surface area contributed by atoms with Gasteiger partial charge in [0.25, 0.3) is 0 Å². The highest BCUT2D eigenvalue weighted by molar-refractivity contribution is 7.89. The third kappa shape index (κ3) is 2.89. The molecule has 0 bridgehead atoms. The number of hydrogen-bond donors (Lipinski definition) is 2. The van der Waals surface area contributed by atoms with E-state index in [4.69, 9.17) is 5.73 Å². The summed E-state index contributed by atoms with van der Waals surface area (Å²) in [4.78, 5) is 12.1. The summed E-state index contributed by atoms with van der Waals surface area (Å²) in [5.74, 6) is -0.266. The Morgan fingerprint density at radius 3 is 2.81 bits per heavy atom. The van der Waals surface area contributed by atoms with E-state index in [1.165, 1.54) is 17.4 Å². The lowest BCUT2D eigenvalue weighted by atomic mass is 10.1. The first kappa shape index (κ1) is 15.8. The fourth-order valence-electron chi connectivity index (χ4n) is 2.69. The molecule has 21 heavy (non-hydrogen) atoms. The Hall–Kier alpha value is -1.60. The number of carbonyl (C=O) groups is 1. The van der Waals surface area contributed by atoms with Crippen LogP contribution in [0.4, 0.5) is 5.69 Å². The van der Waals surface area contributed by atoms with Crippen LogP contribution in [0.25, 0.3) is 0 Å². The Labute approximate surface area is 125 Å². The molecular weight excluding hydrogens is 290 g/mol. The number of nitrogens with two attached hydrogens (primary N) is 1. The van der Waals surface area contributed by atoms with Gasteiger partial charge in [0.2, 0.25) is 15.9 Å². The van der Waals surface area contributed by atoms with Gasteiger partial charge in [-0.25, -0.2) is 8.42 Å². The first-order chi connectivity index (χ1) is 9.91. The SMILES string of the molecule is CCc1ccc(N)cc1S(=O)(=O)N1CCCC1C(=O)NC. The van der Waals surface area contributed by atoms with Crippen LogP contribution in [0, 0.1) is 0 Å². The second kappa shape index (κ2) is 6.03. The van der Waals surface area contributed by atoms with E-state index >= 15 is 0 Å². The molecule has 1 aliphatic rings. The molecule has 0 radical (unpaired) electrons. The second-order valence-electron chi connectivity index (χ2n) is 5.11. The fourth-order valence-corrected chi connectivity index (χ4v) is 4.67. The molecule has 1 aromatic rings. The number of aryl methyl sites for hydroxylation is 1. The standard InChI is InChI=1S/C14H21N3O3S/c1-3-10-6-7-11(15)9-13(10)21(19,20)17-8-4-5-12(17)14(18)16-2/h6-7,9,12H,3-5,8,15H2,1-2H3,(H,16,18). The number of sulfonamides is 1. The van der Waals surface area contributed by atoms with Crippen molar-refractivity contribution in [3.8, 4) is 0 Å². The topological polar surface area (TPSA) is 92.5 Å². The summed E-state index contributed by atoms with van der Waals surface area (Å²) >= 11 is 0. The van der Waals surface area contributed by atoms with Gasteiger partial charge in [0.05, 0.1) is 4.90 Å². The molecule has 0 aliphatic carbocycles. The summed E-state index contributed by atoms with van der Waals surface area (Å²) < 4.78 is 27.1. The molecule has 1 heterocycles. The fraction of sp³-hybridized carbons (Fsp3) is 0.500. The lowest BCUT2D eigenvalue weighted by Crippen LogP contribution is -2.45. The molecule has 1 unspecified atom stereocenters. The molecular formula is C14H21N3O3S. The Kier molecular flexibility index (Phi) is 4.53. The van der Waals surface area contributed by atoms with Gasteiger partial charge in [-0.15, -0.1) is 0 Å². The third-order valence-electron chi connectivity index (χ3n) is 3.81. The highest BCUT2D eigenvalue weighted by Crippen LogP contribution is 2.29. The molecule has 1 aromatic carbocycles. The molecule has 1 fully saturated rings. The van der Waals surface area contributed by atoms with Crippen molar-refractivity contribution in [3.63, 3.8) is 0 Å². The van der Waals surface area contributed by atoms with Crippen LogP contribution in [0.3, 0.4) is 0 Å². The van der Waals surface area contributed by atoms with E-state index in [0.717, 1.165) is 0 Å². The van der Waals surface area contributed by atoms with Crippen LogP contribution in [0.2, 0.25) is 0 Å². The molecule has 0 aromatic heterocycles. The smallest absolute Gasteiger partial charge is 0.244 e. The molecule has 0 saturated carbocycles. The van der Waals surface area contributed by atoms with Crippen molar-refractivity contribution in [1.82, 2.24) is 9.62 Å². The monoisotopic (exact) mass is 311 g/mol.